The van der Waals surface area contributed by atoms with Gasteiger partial charge in [0.2, 0.25) is 0 Å². The van der Waals surface area contributed by atoms with Crippen LogP contribution in [0.2, 0.25) is 0 Å². The Morgan fingerprint density at radius 2 is 0.625 bits per heavy atom. The summed E-state index contributed by atoms with van der Waals surface area (Å²) in [6.45, 7) is 8.12. The SMILES string of the molecule is Cc1c(F)c(F)c(C)c(F)c1F.Cc1cc(F)c(C)cc1F.Cc1ccc(C)c(F)c1F. The standard InChI is InChI=1S/C8H6F4.2C8H8F2/c1-3-5(9)7(11)4(2)8(12)6(3)10;1-5-3-8(10)6(2)4-7(5)9;1-5-3-4-6(2)8(10)7(5)9/h1-2H3;2*3-4H,1-2H3. The molecule has 0 unspecified atom stereocenters. The summed E-state index contributed by atoms with van der Waals surface area (Å²) in [5.74, 6) is -7.48. The second kappa shape index (κ2) is 11.1. The van der Waals surface area contributed by atoms with Crippen molar-refractivity contribution in [2.24, 2.45) is 0 Å². The number of aryl methyl sites for hydroxylation is 4. The molecule has 0 aromatic heterocycles. The lowest BCUT2D eigenvalue weighted by Crippen LogP contribution is -2.02. The van der Waals surface area contributed by atoms with Gasteiger partial charge in [0, 0.05) is 11.1 Å². The largest absolute Gasteiger partial charge is 0.207 e. The monoisotopic (exact) mass is 462 g/mol. The van der Waals surface area contributed by atoms with E-state index in [0.717, 1.165) is 13.8 Å². The molecule has 0 nitrogen and oxygen atoms in total. The molecule has 0 radical (unpaired) electrons. The fourth-order valence-electron chi connectivity index (χ4n) is 2.34. The van der Waals surface area contributed by atoms with Crippen molar-refractivity contribution in [3.05, 3.63) is 104 Å². The van der Waals surface area contributed by atoms with Gasteiger partial charge in [-0.15, -0.1) is 0 Å². The number of hydrogen-bond donors (Lipinski definition) is 0. The molecule has 0 N–H and O–H groups in total. The van der Waals surface area contributed by atoms with E-state index in [-0.39, 0.29) is 11.6 Å². The Hall–Kier alpha value is -2.90. The zero-order valence-electron chi connectivity index (χ0n) is 18.3. The average molecular weight is 462 g/mol. The zero-order valence-corrected chi connectivity index (χ0v) is 18.3. The molecule has 0 aliphatic carbocycles. The molecule has 0 atom stereocenters. The molecule has 174 valence electrons. The van der Waals surface area contributed by atoms with Crippen LogP contribution in [0.1, 0.15) is 33.4 Å². The van der Waals surface area contributed by atoms with E-state index in [1.165, 1.54) is 39.8 Å². The molecule has 0 saturated carbocycles. The molecular weight excluding hydrogens is 440 g/mol. The molecule has 3 rings (SSSR count). The predicted molar refractivity (Wildman–Crippen MR) is 107 cm³/mol. The molecule has 0 fully saturated rings. The molecule has 32 heavy (non-hydrogen) atoms. The van der Waals surface area contributed by atoms with Crippen molar-refractivity contribution in [2.75, 3.05) is 0 Å². The molecule has 0 heterocycles. The Labute approximate surface area is 181 Å². The third kappa shape index (κ3) is 6.31. The van der Waals surface area contributed by atoms with E-state index in [9.17, 15) is 35.1 Å². The Kier molecular flexibility index (Phi) is 9.42. The fourth-order valence-corrected chi connectivity index (χ4v) is 2.34. The quantitative estimate of drug-likeness (QED) is 0.234. The van der Waals surface area contributed by atoms with Crippen molar-refractivity contribution in [1.82, 2.24) is 0 Å². The van der Waals surface area contributed by atoms with Gasteiger partial charge >= 0.3 is 0 Å². The van der Waals surface area contributed by atoms with E-state index < -0.39 is 46.0 Å². The van der Waals surface area contributed by atoms with Gasteiger partial charge in [-0.25, -0.2) is 35.1 Å². The molecule has 0 amide bonds. The average Bonchev–Trinajstić information content (AvgIpc) is 2.76. The second-order valence-corrected chi connectivity index (χ2v) is 7.18. The van der Waals surface area contributed by atoms with Crippen LogP contribution in [0, 0.1) is 88.1 Å². The van der Waals surface area contributed by atoms with Crippen LogP contribution >= 0.6 is 0 Å². The highest BCUT2D eigenvalue weighted by atomic mass is 19.2. The van der Waals surface area contributed by atoms with Crippen molar-refractivity contribution in [3.63, 3.8) is 0 Å². The van der Waals surface area contributed by atoms with E-state index in [4.69, 9.17) is 0 Å². The lowest BCUT2D eigenvalue weighted by atomic mass is 10.1. The first kappa shape index (κ1) is 27.1. The predicted octanol–water partition coefficient (Wildman–Crippen LogP) is 8.02. The number of hydrogen-bond acceptors (Lipinski definition) is 0. The normalized spacial score (nSPS) is 10.2. The number of benzene rings is 3. The van der Waals surface area contributed by atoms with Crippen LogP contribution in [0.15, 0.2) is 24.3 Å². The van der Waals surface area contributed by atoms with Crippen LogP contribution in [0.4, 0.5) is 35.1 Å². The van der Waals surface area contributed by atoms with Gasteiger partial charge in [0.15, 0.2) is 34.9 Å². The Bertz CT molecular complexity index is 938. The summed E-state index contributed by atoms with van der Waals surface area (Å²) in [5, 5.41) is 0. The zero-order chi connectivity index (χ0) is 24.9. The van der Waals surface area contributed by atoms with Crippen LogP contribution in [0.3, 0.4) is 0 Å². The van der Waals surface area contributed by atoms with Crippen LogP contribution in [0.25, 0.3) is 0 Å². The molecule has 0 bridgehead atoms. The van der Waals surface area contributed by atoms with Gasteiger partial charge in [0.25, 0.3) is 0 Å². The highest BCUT2D eigenvalue weighted by molar-refractivity contribution is 5.28. The van der Waals surface area contributed by atoms with Crippen LogP contribution in [-0.2, 0) is 0 Å². The summed E-state index contributed by atoms with van der Waals surface area (Å²) < 4.78 is 101. The Morgan fingerprint density at radius 1 is 0.375 bits per heavy atom. The lowest BCUT2D eigenvalue weighted by molar-refractivity contribution is 0.436. The highest BCUT2D eigenvalue weighted by Crippen LogP contribution is 2.22. The van der Waals surface area contributed by atoms with Crippen LogP contribution < -0.4 is 0 Å². The van der Waals surface area contributed by atoms with Crippen molar-refractivity contribution in [2.45, 2.75) is 41.5 Å². The maximum Gasteiger partial charge on any atom is 0.165 e. The minimum atomic E-state index is -1.33. The first-order valence-corrected chi connectivity index (χ1v) is 9.33. The molecule has 3 aromatic carbocycles. The maximum absolute atomic E-state index is 12.7. The summed E-state index contributed by atoms with van der Waals surface area (Å²) in [7, 11) is 0. The van der Waals surface area contributed by atoms with E-state index in [1.54, 1.807) is 12.1 Å². The third-order valence-electron chi connectivity index (χ3n) is 4.61. The van der Waals surface area contributed by atoms with Gasteiger partial charge < -0.3 is 0 Å². The molecule has 0 saturated heterocycles. The smallest absolute Gasteiger partial charge is 0.165 e. The summed E-state index contributed by atoms with van der Waals surface area (Å²) >= 11 is 0. The van der Waals surface area contributed by atoms with Crippen molar-refractivity contribution < 1.29 is 35.1 Å². The number of rotatable bonds is 0. The summed E-state index contributed by atoms with van der Waals surface area (Å²) in [6.07, 6.45) is 0. The molecule has 0 spiro atoms. The lowest BCUT2D eigenvalue weighted by Gasteiger charge is -2.04. The van der Waals surface area contributed by atoms with E-state index >= 15 is 0 Å². The van der Waals surface area contributed by atoms with Gasteiger partial charge in [0.05, 0.1) is 0 Å². The minimum Gasteiger partial charge on any atom is -0.207 e. The van der Waals surface area contributed by atoms with E-state index in [1.807, 2.05) is 0 Å². The van der Waals surface area contributed by atoms with Gasteiger partial charge in [-0.2, -0.15) is 0 Å². The maximum atomic E-state index is 12.7. The highest BCUT2D eigenvalue weighted by Gasteiger charge is 2.19. The fraction of sp³-hybridized carbons (Fsp3) is 0.250. The number of halogens is 8. The van der Waals surface area contributed by atoms with Crippen LogP contribution in [0.5, 0.6) is 0 Å². The van der Waals surface area contributed by atoms with Crippen LogP contribution in [-0.4, -0.2) is 0 Å². The van der Waals surface area contributed by atoms with E-state index in [2.05, 4.69) is 0 Å². The topological polar surface area (TPSA) is 0 Å². The van der Waals surface area contributed by atoms with Gasteiger partial charge in [-0.1, -0.05) is 12.1 Å². The van der Waals surface area contributed by atoms with Gasteiger partial charge in [-0.05, 0) is 75.9 Å². The third-order valence-corrected chi connectivity index (χ3v) is 4.61. The van der Waals surface area contributed by atoms with Crippen molar-refractivity contribution in [1.29, 1.82) is 0 Å². The first-order valence-electron chi connectivity index (χ1n) is 9.33. The summed E-state index contributed by atoms with van der Waals surface area (Å²) in [5.41, 5.74) is 0.142. The van der Waals surface area contributed by atoms with E-state index in [0.29, 0.717) is 22.3 Å². The van der Waals surface area contributed by atoms with Crippen molar-refractivity contribution in [3.8, 4) is 0 Å². The minimum absolute atomic E-state index is 0.348. The molecule has 8 heteroatoms. The second-order valence-electron chi connectivity index (χ2n) is 7.18. The van der Waals surface area contributed by atoms with Gasteiger partial charge in [0.1, 0.15) is 11.6 Å². The Balaban J connectivity index is 0.000000241. The van der Waals surface area contributed by atoms with Crippen molar-refractivity contribution >= 4 is 0 Å². The summed E-state index contributed by atoms with van der Waals surface area (Å²) in [6, 6.07) is 5.52. The first-order chi connectivity index (χ1) is 14.7. The van der Waals surface area contributed by atoms with Gasteiger partial charge in [-0.3, -0.25) is 0 Å². The molecular formula is C24H22F8. The molecule has 0 aliphatic heterocycles. The summed E-state index contributed by atoms with van der Waals surface area (Å²) in [4.78, 5) is 0. The Morgan fingerprint density at radius 3 is 0.875 bits per heavy atom. The molecule has 0 aliphatic rings. The molecule has 3 aromatic rings.